The van der Waals surface area contributed by atoms with Crippen molar-refractivity contribution in [2.45, 2.75) is 30.1 Å². The number of piperidine rings is 1. The number of carbonyl (C=O) groups excluding carboxylic acids is 1. The van der Waals surface area contributed by atoms with Crippen LogP contribution in [0.4, 0.5) is 0 Å². The summed E-state index contributed by atoms with van der Waals surface area (Å²) in [4.78, 5) is 27.5. The molecule has 1 aliphatic rings. The molecule has 0 atom stereocenters. The van der Waals surface area contributed by atoms with Crippen molar-refractivity contribution in [2.24, 2.45) is 0 Å². The van der Waals surface area contributed by atoms with Crippen LogP contribution >= 0.6 is 11.8 Å². The minimum Gasteiger partial charge on any atom is -0.481 e. The van der Waals surface area contributed by atoms with Gasteiger partial charge in [0.1, 0.15) is 0 Å². The van der Waals surface area contributed by atoms with Crippen LogP contribution in [0, 0.1) is 6.92 Å². The van der Waals surface area contributed by atoms with Gasteiger partial charge in [-0.25, -0.2) is 0 Å². The van der Waals surface area contributed by atoms with E-state index in [2.05, 4.69) is 0 Å². The molecule has 0 unspecified atom stereocenters. The molecular formula is C21H23NO3S. The summed E-state index contributed by atoms with van der Waals surface area (Å²) < 4.78 is 0. The number of aryl methyl sites for hydroxylation is 1. The lowest BCUT2D eigenvalue weighted by molar-refractivity contribution is -0.147. The van der Waals surface area contributed by atoms with Crippen LogP contribution in [-0.2, 0) is 15.0 Å². The third kappa shape index (κ3) is 3.78. The van der Waals surface area contributed by atoms with E-state index < -0.39 is 11.4 Å². The largest absolute Gasteiger partial charge is 0.481 e. The van der Waals surface area contributed by atoms with E-state index in [0.29, 0.717) is 31.7 Å². The quantitative estimate of drug-likeness (QED) is 0.816. The van der Waals surface area contributed by atoms with Gasteiger partial charge in [-0.2, -0.15) is 0 Å². The summed E-state index contributed by atoms with van der Waals surface area (Å²) in [5, 5.41) is 9.84. The van der Waals surface area contributed by atoms with E-state index in [0.717, 1.165) is 16.0 Å². The van der Waals surface area contributed by atoms with E-state index in [4.69, 9.17) is 0 Å². The highest BCUT2D eigenvalue weighted by Gasteiger charge is 2.43. The summed E-state index contributed by atoms with van der Waals surface area (Å²) in [5.74, 6) is -0.341. The van der Waals surface area contributed by atoms with Gasteiger partial charge >= 0.3 is 5.97 Å². The van der Waals surface area contributed by atoms with Gasteiger partial charge in [-0.3, -0.25) is 9.59 Å². The molecule has 1 fully saturated rings. The number of rotatable bonds is 5. The Morgan fingerprint density at radius 2 is 1.65 bits per heavy atom. The lowest BCUT2D eigenvalue weighted by Crippen LogP contribution is -2.49. The fourth-order valence-corrected chi connectivity index (χ4v) is 4.40. The smallest absolute Gasteiger partial charge is 0.314 e. The van der Waals surface area contributed by atoms with Crippen LogP contribution in [0.2, 0.25) is 0 Å². The molecule has 1 amide bonds. The number of carbonyl (C=O) groups is 2. The second kappa shape index (κ2) is 7.96. The predicted octanol–water partition coefficient (Wildman–Crippen LogP) is 3.73. The molecule has 1 heterocycles. The molecule has 1 aliphatic heterocycles. The molecule has 0 saturated carbocycles. The number of carboxylic acids is 1. The van der Waals surface area contributed by atoms with Gasteiger partial charge < -0.3 is 10.0 Å². The highest BCUT2D eigenvalue weighted by molar-refractivity contribution is 8.00. The van der Waals surface area contributed by atoms with Crippen LogP contribution in [0.25, 0.3) is 0 Å². The molecule has 0 aliphatic carbocycles. The molecule has 1 N–H and O–H groups in total. The highest BCUT2D eigenvalue weighted by atomic mass is 32.2. The number of likely N-dealkylation sites (tertiary alicyclic amines) is 1. The van der Waals surface area contributed by atoms with Gasteiger partial charge in [-0.15, -0.1) is 11.8 Å². The highest BCUT2D eigenvalue weighted by Crippen LogP contribution is 2.36. The lowest BCUT2D eigenvalue weighted by Gasteiger charge is -2.39. The van der Waals surface area contributed by atoms with E-state index in [9.17, 15) is 14.7 Å². The molecular weight excluding hydrogens is 346 g/mol. The maximum atomic E-state index is 12.6. The topological polar surface area (TPSA) is 57.6 Å². The molecule has 26 heavy (non-hydrogen) atoms. The zero-order valence-corrected chi connectivity index (χ0v) is 15.7. The predicted molar refractivity (Wildman–Crippen MR) is 103 cm³/mol. The second-order valence-corrected chi connectivity index (χ2v) is 7.71. The Balaban J connectivity index is 1.63. The fourth-order valence-electron chi connectivity index (χ4n) is 3.47. The van der Waals surface area contributed by atoms with Crippen molar-refractivity contribution < 1.29 is 14.7 Å². The summed E-state index contributed by atoms with van der Waals surface area (Å²) in [6, 6.07) is 17.4. The van der Waals surface area contributed by atoms with Crippen LogP contribution in [0.1, 0.15) is 24.0 Å². The van der Waals surface area contributed by atoms with Crippen LogP contribution in [-0.4, -0.2) is 40.7 Å². The molecule has 1 saturated heterocycles. The average molecular weight is 369 g/mol. The maximum Gasteiger partial charge on any atom is 0.314 e. The van der Waals surface area contributed by atoms with E-state index in [1.165, 1.54) is 0 Å². The number of amides is 1. The molecule has 0 bridgehead atoms. The van der Waals surface area contributed by atoms with Crippen LogP contribution in [0.15, 0.2) is 59.5 Å². The number of aliphatic carboxylic acids is 1. The fraction of sp³-hybridized carbons (Fsp3) is 0.333. The Labute approximate surface area is 158 Å². The van der Waals surface area contributed by atoms with Crippen molar-refractivity contribution in [3.63, 3.8) is 0 Å². The number of hydrogen-bond acceptors (Lipinski definition) is 3. The molecule has 2 aromatic carbocycles. The van der Waals surface area contributed by atoms with E-state index in [-0.39, 0.29) is 5.91 Å². The van der Waals surface area contributed by atoms with Crippen LogP contribution < -0.4 is 0 Å². The molecule has 0 radical (unpaired) electrons. The van der Waals surface area contributed by atoms with Crippen molar-refractivity contribution in [2.75, 3.05) is 18.8 Å². The molecule has 4 nitrogen and oxygen atoms in total. The number of carboxylic acid groups (broad SMARTS) is 1. The van der Waals surface area contributed by atoms with Gasteiger partial charge in [0.25, 0.3) is 0 Å². The van der Waals surface area contributed by atoms with Gasteiger partial charge in [0.05, 0.1) is 11.2 Å². The second-order valence-electron chi connectivity index (χ2n) is 6.69. The van der Waals surface area contributed by atoms with Gasteiger partial charge in [-0.1, -0.05) is 48.5 Å². The average Bonchev–Trinajstić information content (AvgIpc) is 2.67. The third-order valence-corrected chi connectivity index (χ3v) is 6.31. The zero-order valence-electron chi connectivity index (χ0n) is 14.9. The van der Waals surface area contributed by atoms with Crippen LogP contribution in [0.3, 0.4) is 0 Å². The first kappa shape index (κ1) is 18.5. The van der Waals surface area contributed by atoms with E-state index in [1.54, 1.807) is 16.7 Å². The first-order valence-corrected chi connectivity index (χ1v) is 9.77. The molecule has 0 spiro atoms. The number of nitrogens with zero attached hydrogens (tertiary/aromatic N) is 1. The van der Waals surface area contributed by atoms with E-state index >= 15 is 0 Å². The van der Waals surface area contributed by atoms with Crippen LogP contribution in [0.5, 0.6) is 0 Å². The first-order chi connectivity index (χ1) is 12.5. The van der Waals surface area contributed by atoms with Crippen molar-refractivity contribution in [1.82, 2.24) is 4.90 Å². The summed E-state index contributed by atoms with van der Waals surface area (Å²) in [6.45, 7) is 3.00. The van der Waals surface area contributed by atoms with Crippen molar-refractivity contribution in [3.05, 3.63) is 65.7 Å². The van der Waals surface area contributed by atoms with Gasteiger partial charge in [0, 0.05) is 18.0 Å². The summed E-state index contributed by atoms with van der Waals surface area (Å²) in [6.07, 6.45) is 0.903. The molecule has 2 aromatic rings. The summed E-state index contributed by atoms with van der Waals surface area (Å²) >= 11 is 1.54. The van der Waals surface area contributed by atoms with Crippen molar-refractivity contribution in [1.29, 1.82) is 0 Å². The zero-order chi connectivity index (χ0) is 18.6. The van der Waals surface area contributed by atoms with Gasteiger partial charge in [0.2, 0.25) is 5.91 Å². The molecule has 3 rings (SSSR count). The Kier molecular flexibility index (Phi) is 5.67. The third-order valence-electron chi connectivity index (χ3n) is 5.15. The SMILES string of the molecule is Cc1ccccc1SCC(=O)N1CCC(C(=O)O)(c2ccccc2)CC1. The Hall–Kier alpha value is -2.27. The van der Waals surface area contributed by atoms with Gasteiger partial charge in [0.15, 0.2) is 0 Å². The molecule has 136 valence electrons. The Bertz CT molecular complexity index is 783. The minimum absolute atomic E-state index is 0.0744. The first-order valence-electron chi connectivity index (χ1n) is 8.78. The molecule has 0 aromatic heterocycles. The van der Waals surface area contributed by atoms with Gasteiger partial charge in [-0.05, 0) is 37.0 Å². The summed E-state index contributed by atoms with van der Waals surface area (Å²) in [7, 11) is 0. The normalized spacial score (nSPS) is 16.3. The number of benzene rings is 2. The maximum absolute atomic E-state index is 12.6. The Morgan fingerprint density at radius 3 is 2.27 bits per heavy atom. The lowest BCUT2D eigenvalue weighted by atomic mass is 9.73. The monoisotopic (exact) mass is 369 g/mol. The van der Waals surface area contributed by atoms with E-state index in [1.807, 2.05) is 61.5 Å². The van der Waals surface area contributed by atoms with Crippen molar-refractivity contribution >= 4 is 23.6 Å². The van der Waals surface area contributed by atoms with Crippen molar-refractivity contribution in [3.8, 4) is 0 Å². The Morgan fingerprint density at radius 1 is 1.04 bits per heavy atom. The number of thioether (sulfide) groups is 1. The number of hydrogen-bond donors (Lipinski definition) is 1. The standard InChI is InChI=1S/C21H23NO3S/c1-16-7-5-6-10-18(16)26-15-19(23)22-13-11-21(12-14-22,20(24)25)17-8-3-2-4-9-17/h2-10H,11-15H2,1H3,(H,24,25). The minimum atomic E-state index is -0.888. The summed E-state index contributed by atoms with van der Waals surface area (Å²) in [5.41, 5.74) is 1.10. The molecule has 5 heteroatoms.